The van der Waals surface area contributed by atoms with E-state index in [0.29, 0.717) is 38.8 Å². The predicted octanol–water partition coefficient (Wildman–Crippen LogP) is 5.85. The van der Waals surface area contributed by atoms with Crippen molar-refractivity contribution in [3.8, 4) is 0 Å². The number of amides is 2. The quantitative estimate of drug-likeness (QED) is 0.242. The smallest absolute Gasteiger partial charge is 0.253 e. The van der Waals surface area contributed by atoms with Crippen LogP contribution in [-0.4, -0.2) is 32.3 Å². The molecule has 1 heterocycles. The van der Waals surface area contributed by atoms with Crippen molar-refractivity contribution in [3.05, 3.63) is 80.0 Å². The number of thioether (sulfide) groups is 1. The topological polar surface area (TPSA) is 88.9 Å². The molecule has 0 atom stereocenters. The Morgan fingerprint density at radius 2 is 1.91 bits per heavy atom. The van der Waals surface area contributed by atoms with Crippen LogP contribution in [0.3, 0.4) is 0 Å². The van der Waals surface area contributed by atoms with Gasteiger partial charge in [-0.3, -0.25) is 9.59 Å². The van der Waals surface area contributed by atoms with Crippen LogP contribution < -0.4 is 10.6 Å². The molecule has 0 saturated carbocycles. The van der Waals surface area contributed by atoms with Crippen molar-refractivity contribution < 1.29 is 9.59 Å². The van der Waals surface area contributed by atoms with E-state index in [1.807, 2.05) is 0 Å². The van der Waals surface area contributed by atoms with Crippen molar-refractivity contribution in [2.24, 2.45) is 0 Å². The molecule has 3 rings (SSSR count). The molecule has 0 fully saturated rings. The van der Waals surface area contributed by atoms with Gasteiger partial charge in [-0.05, 0) is 52.3 Å². The minimum absolute atomic E-state index is 0.107. The van der Waals surface area contributed by atoms with E-state index in [1.165, 1.54) is 17.8 Å². The van der Waals surface area contributed by atoms with Crippen LogP contribution in [0.4, 0.5) is 5.69 Å². The number of halogens is 4. The van der Waals surface area contributed by atoms with Gasteiger partial charge < -0.3 is 15.2 Å². The second-order valence-electron chi connectivity index (χ2n) is 6.57. The first-order valence-electron chi connectivity index (χ1n) is 9.42. The summed E-state index contributed by atoms with van der Waals surface area (Å²) < 4.78 is 2.51. The van der Waals surface area contributed by atoms with Gasteiger partial charge in [-0.1, -0.05) is 52.6 Å². The van der Waals surface area contributed by atoms with Crippen LogP contribution in [-0.2, 0) is 17.9 Å². The molecular formula is C21H17BrCl3N5O2S. The Bertz CT molecular complexity index is 1200. The third-order valence-electron chi connectivity index (χ3n) is 4.22. The first kappa shape index (κ1) is 25.6. The molecule has 3 aromatic rings. The third kappa shape index (κ3) is 6.97. The fraction of sp³-hybridized carbons (Fsp3) is 0.143. The molecule has 0 spiro atoms. The molecule has 0 aliphatic carbocycles. The van der Waals surface area contributed by atoms with E-state index in [0.717, 1.165) is 4.47 Å². The average Bonchev–Trinajstić information content (AvgIpc) is 3.15. The first-order chi connectivity index (χ1) is 15.8. The van der Waals surface area contributed by atoms with Crippen LogP contribution in [0.1, 0.15) is 16.2 Å². The number of carbonyl (C=O) groups is 2. The third-order valence-corrected chi connectivity index (χ3v) is 6.97. The number of nitrogens with one attached hydrogen (secondary N) is 2. The Kier molecular flexibility index (Phi) is 9.22. The summed E-state index contributed by atoms with van der Waals surface area (Å²) in [4.78, 5) is 24.8. The van der Waals surface area contributed by atoms with Crippen molar-refractivity contribution in [2.75, 3.05) is 11.1 Å². The minimum Gasteiger partial charge on any atom is -0.345 e. The Morgan fingerprint density at radius 1 is 1.12 bits per heavy atom. The Labute approximate surface area is 218 Å². The Balaban J connectivity index is 1.62. The second-order valence-corrected chi connectivity index (χ2v) is 9.62. The van der Waals surface area contributed by atoms with Crippen molar-refractivity contribution in [3.63, 3.8) is 0 Å². The Morgan fingerprint density at radius 3 is 2.61 bits per heavy atom. The molecule has 7 nitrogen and oxygen atoms in total. The first-order valence-corrected chi connectivity index (χ1v) is 12.3. The van der Waals surface area contributed by atoms with E-state index in [-0.39, 0.29) is 29.1 Å². The number of hydrogen-bond acceptors (Lipinski definition) is 5. The van der Waals surface area contributed by atoms with E-state index < -0.39 is 0 Å². The molecule has 2 N–H and O–H groups in total. The molecule has 0 aliphatic heterocycles. The zero-order valence-electron chi connectivity index (χ0n) is 16.9. The normalized spacial score (nSPS) is 10.7. The van der Waals surface area contributed by atoms with Crippen molar-refractivity contribution in [2.45, 2.75) is 18.2 Å². The van der Waals surface area contributed by atoms with E-state index >= 15 is 0 Å². The lowest BCUT2D eigenvalue weighted by Crippen LogP contribution is -2.25. The van der Waals surface area contributed by atoms with Gasteiger partial charge in [0.25, 0.3) is 5.91 Å². The van der Waals surface area contributed by atoms with Crippen LogP contribution in [0.15, 0.2) is 58.7 Å². The molecule has 0 aliphatic rings. The van der Waals surface area contributed by atoms with Gasteiger partial charge in [0.05, 0.1) is 27.9 Å². The molecule has 0 radical (unpaired) electrons. The second kappa shape index (κ2) is 11.9. The maximum absolute atomic E-state index is 12.5. The fourth-order valence-corrected chi connectivity index (χ4v) is 4.39. The van der Waals surface area contributed by atoms with Gasteiger partial charge in [0.2, 0.25) is 5.91 Å². The SMILES string of the molecule is C=CCn1c(CNC(=O)c2ccc(Cl)cc2Cl)nnc1SCC(=O)Nc1ccc(Br)c(Cl)c1. The summed E-state index contributed by atoms with van der Waals surface area (Å²) in [6.45, 7) is 4.27. The van der Waals surface area contributed by atoms with Gasteiger partial charge >= 0.3 is 0 Å². The van der Waals surface area contributed by atoms with Gasteiger partial charge in [-0.25, -0.2) is 0 Å². The maximum Gasteiger partial charge on any atom is 0.253 e. The van der Waals surface area contributed by atoms with Gasteiger partial charge in [0.1, 0.15) is 0 Å². The summed E-state index contributed by atoms with van der Waals surface area (Å²) in [7, 11) is 0. The molecule has 2 aromatic carbocycles. The number of allylic oxidation sites excluding steroid dienone is 1. The highest BCUT2D eigenvalue weighted by molar-refractivity contribution is 9.10. The number of rotatable bonds is 9. The van der Waals surface area contributed by atoms with E-state index in [2.05, 4.69) is 43.3 Å². The van der Waals surface area contributed by atoms with E-state index in [9.17, 15) is 9.59 Å². The molecule has 33 heavy (non-hydrogen) atoms. The molecular weight excluding hydrogens is 573 g/mol. The van der Waals surface area contributed by atoms with Crippen molar-refractivity contribution >= 4 is 80.0 Å². The van der Waals surface area contributed by atoms with Crippen molar-refractivity contribution in [1.29, 1.82) is 0 Å². The highest BCUT2D eigenvalue weighted by atomic mass is 79.9. The zero-order chi connectivity index (χ0) is 24.0. The number of nitrogens with zero attached hydrogens (tertiary/aromatic N) is 3. The molecule has 0 bridgehead atoms. The summed E-state index contributed by atoms with van der Waals surface area (Å²) >= 11 is 22.6. The van der Waals surface area contributed by atoms with Gasteiger partial charge in [-0.2, -0.15) is 0 Å². The Hall–Kier alpha value is -2.04. The maximum atomic E-state index is 12.5. The van der Waals surface area contributed by atoms with Crippen molar-refractivity contribution in [1.82, 2.24) is 20.1 Å². The number of carbonyl (C=O) groups excluding carboxylic acids is 2. The molecule has 0 saturated heterocycles. The van der Waals surface area contributed by atoms with Gasteiger partial charge in [0, 0.05) is 21.7 Å². The summed E-state index contributed by atoms with van der Waals surface area (Å²) in [5.74, 6) is 0.0247. The van der Waals surface area contributed by atoms with Crippen LogP contribution in [0.25, 0.3) is 0 Å². The van der Waals surface area contributed by atoms with Crippen LogP contribution in [0, 0.1) is 0 Å². The molecule has 0 unspecified atom stereocenters. The number of anilines is 1. The molecule has 2 amide bonds. The highest BCUT2D eigenvalue weighted by Crippen LogP contribution is 2.26. The fourth-order valence-electron chi connectivity index (χ4n) is 2.70. The zero-order valence-corrected chi connectivity index (χ0v) is 21.6. The number of benzene rings is 2. The number of aromatic nitrogens is 3. The summed E-state index contributed by atoms with van der Waals surface area (Å²) in [5.41, 5.74) is 0.890. The minimum atomic E-state index is -0.369. The van der Waals surface area contributed by atoms with Gasteiger partial charge in [-0.15, -0.1) is 16.8 Å². The predicted molar refractivity (Wildman–Crippen MR) is 136 cm³/mol. The lowest BCUT2D eigenvalue weighted by atomic mass is 10.2. The summed E-state index contributed by atoms with van der Waals surface area (Å²) in [5, 5.41) is 15.5. The van der Waals surface area contributed by atoms with E-state index in [1.54, 1.807) is 41.0 Å². The molecule has 1 aromatic heterocycles. The lowest BCUT2D eigenvalue weighted by Gasteiger charge is -2.10. The van der Waals surface area contributed by atoms with Crippen LogP contribution in [0.5, 0.6) is 0 Å². The number of hydrogen-bond donors (Lipinski definition) is 2. The summed E-state index contributed by atoms with van der Waals surface area (Å²) in [6, 6.07) is 9.79. The standard InChI is InChI=1S/C21H17BrCl3N5O2S/c1-2-7-30-18(10-26-20(32)14-5-3-12(23)8-16(14)24)28-29-21(30)33-11-19(31)27-13-4-6-15(22)17(25)9-13/h2-6,8-9H,1,7,10-11H2,(H,26,32)(H,27,31). The van der Waals surface area contributed by atoms with Crippen LogP contribution >= 0.6 is 62.5 Å². The molecule has 12 heteroatoms. The van der Waals surface area contributed by atoms with Crippen LogP contribution in [0.2, 0.25) is 15.1 Å². The monoisotopic (exact) mass is 587 g/mol. The van der Waals surface area contributed by atoms with Gasteiger partial charge in [0.15, 0.2) is 11.0 Å². The largest absolute Gasteiger partial charge is 0.345 e. The highest BCUT2D eigenvalue weighted by Gasteiger charge is 2.16. The summed E-state index contributed by atoms with van der Waals surface area (Å²) in [6.07, 6.45) is 1.68. The molecule has 172 valence electrons. The lowest BCUT2D eigenvalue weighted by molar-refractivity contribution is -0.113. The average molecular weight is 590 g/mol. The van der Waals surface area contributed by atoms with E-state index in [4.69, 9.17) is 34.8 Å².